The molecular weight excluding hydrogens is 240 g/mol. The molecule has 96 valence electrons. The Morgan fingerprint density at radius 2 is 2.24 bits per heavy atom. The predicted octanol–water partition coefficient (Wildman–Crippen LogP) is 3.12. The molecule has 0 aliphatic rings. The number of Topliss-reactive ketones (excluding diaryl/α,β-unsaturated/α-hetero) is 1. The molecule has 1 aromatic heterocycles. The van der Waals surface area contributed by atoms with Crippen molar-refractivity contribution < 1.29 is 9.53 Å². The second kappa shape index (κ2) is 6.17. The van der Waals surface area contributed by atoms with Gasteiger partial charge in [0.1, 0.15) is 11.8 Å². The van der Waals surface area contributed by atoms with E-state index < -0.39 is 6.10 Å². The highest BCUT2D eigenvalue weighted by Crippen LogP contribution is 2.22. The highest BCUT2D eigenvalue weighted by molar-refractivity contribution is 6.33. The summed E-state index contributed by atoms with van der Waals surface area (Å²) in [5.74, 6) is -0.0921. The highest BCUT2D eigenvalue weighted by Gasteiger charge is 2.26. The largest absolute Gasteiger partial charge is 0.373 e. The molecule has 17 heavy (non-hydrogen) atoms. The van der Waals surface area contributed by atoms with Crippen LogP contribution in [0.5, 0.6) is 0 Å². The van der Waals surface area contributed by atoms with E-state index in [0.29, 0.717) is 17.1 Å². The van der Waals surface area contributed by atoms with Gasteiger partial charge >= 0.3 is 0 Å². The van der Waals surface area contributed by atoms with Gasteiger partial charge in [-0.15, -0.1) is 0 Å². The van der Waals surface area contributed by atoms with Crippen molar-refractivity contribution in [3.63, 3.8) is 0 Å². The molecule has 1 aromatic rings. The maximum atomic E-state index is 12.3. The number of nitrogens with zero attached hydrogens (tertiary/aromatic N) is 2. The van der Waals surface area contributed by atoms with Crippen LogP contribution in [0, 0.1) is 0 Å². The smallest absolute Gasteiger partial charge is 0.211 e. The van der Waals surface area contributed by atoms with Crippen molar-refractivity contribution in [3.05, 3.63) is 16.9 Å². The summed E-state index contributed by atoms with van der Waals surface area (Å²) in [4.78, 5) is 12.3. The summed E-state index contributed by atoms with van der Waals surface area (Å²) in [6.07, 6.45) is 2.65. The lowest BCUT2D eigenvalue weighted by Crippen LogP contribution is -2.26. The third-order valence-electron chi connectivity index (χ3n) is 2.60. The molecule has 0 saturated carbocycles. The zero-order chi connectivity index (χ0) is 13.0. The first-order valence-corrected chi connectivity index (χ1v) is 6.20. The van der Waals surface area contributed by atoms with E-state index in [0.717, 1.165) is 6.42 Å². The number of carbonyl (C=O) groups is 1. The van der Waals surface area contributed by atoms with Crippen molar-refractivity contribution in [2.75, 3.05) is 7.11 Å². The van der Waals surface area contributed by atoms with Crippen molar-refractivity contribution in [2.24, 2.45) is 0 Å². The number of methoxy groups -OCH3 is 1. The molecule has 0 bridgehead atoms. The van der Waals surface area contributed by atoms with Gasteiger partial charge in [0.15, 0.2) is 0 Å². The van der Waals surface area contributed by atoms with Crippen LogP contribution in [0.2, 0.25) is 5.02 Å². The van der Waals surface area contributed by atoms with E-state index >= 15 is 0 Å². The zero-order valence-electron chi connectivity index (χ0n) is 10.7. The number of hydrogen-bond acceptors (Lipinski definition) is 3. The molecule has 1 heterocycles. The predicted molar refractivity (Wildman–Crippen MR) is 67.7 cm³/mol. The summed E-state index contributed by atoms with van der Waals surface area (Å²) in [6, 6.07) is 0.0978. The van der Waals surface area contributed by atoms with Gasteiger partial charge in [-0.1, -0.05) is 24.9 Å². The van der Waals surface area contributed by atoms with Gasteiger partial charge in [-0.3, -0.25) is 9.48 Å². The van der Waals surface area contributed by atoms with Gasteiger partial charge in [-0.25, -0.2) is 0 Å². The summed E-state index contributed by atoms with van der Waals surface area (Å²) in [5.41, 5.74) is 0.446. The fourth-order valence-corrected chi connectivity index (χ4v) is 1.96. The van der Waals surface area contributed by atoms with Crippen LogP contribution in [-0.2, 0) is 4.74 Å². The minimum absolute atomic E-state index is 0.0921. The van der Waals surface area contributed by atoms with Crippen molar-refractivity contribution in [1.82, 2.24) is 9.78 Å². The van der Waals surface area contributed by atoms with Crippen molar-refractivity contribution >= 4 is 17.4 Å². The van der Waals surface area contributed by atoms with Crippen LogP contribution in [0.25, 0.3) is 0 Å². The summed E-state index contributed by atoms with van der Waals surface area (Å²) in [6.45, 7) is 5.93. The van der Waals surface area contributed by atoms with Crippen LogP contribution in [0.4, 0.5) is 0 Å². The van der Waals surface area contributed by atoms with Crippen LogP contribution in [-0.4, -0.2) is 28.8 Å². The standard InChI is InChI=1S/C12H19ClN2O2/c1-5-6-10(17-4)12(16)11-9(13)7-14-15(11)8(2)3/h7-8,10H,5-6H2,1-4H3. The fraction of sp³-hybridized carbons (Fsp3) is 0.667. The summed E-state index contributed by atoms with van der Waals surface area (Å²) in [5, 5.41) is 4.51. The van der Waals surface area contributed by atoms with Gasteiger partial charge in [0.2, 0.25) is 5.78 Å². The van der Waals surface area contributed by atoms with Crippen LogP contribution in [0.15, 0.2) is 6.20 Å². The quantitative estimate of drug-likeness (QED) is 0.737. The molecule has 0 aliphatic heterocycles. The Bertz CT molecular complexity index is 388. The minimum Gasteiger partial charge on any atom is -0.373 e. The molecule has 0 spiro atoms. The summed E-state index contributed by atoms with van der Waals surface area (Å²) in [7, 11) is 1.54. The van der Waals surface area contributed by atoms with Crippen LogP contribution < -0.4 is 0 Å². The monoisotopic (exact) mass is 258 g/mol. The second-order valence-corrected chi connectivity index (χ2v) is 4.66. The lowest BCUT2D eigenvalue weighted by Gasteiger charge is -2.16. The molecule has 0 fully saturated rings. The van der Waals surface area contributed by atoms with E-state index in [1.165, 1.54) is 6.20 Å². The Kier molecular flexibility index (Phi) is 5.15. The maximum absolute atomic E-state index is 12.3. The molecule has 0 aromatic carbocycles. The van der Waals surface area contributed by atoms with Gasteiger partial charge in [0.25, 0.3) is 0 Å². The Labute approximate surface area is 107 Å². The van der Waals surface area contributed by atoms with Crippen molar-refractivity contribution in [2.45, 2.75) is 45.8 Å². The van der Waals surface area contributed by atoms with E-state index in [4.69, 9.17) is 16.3 Å². The number of ether oxygens (including phenoxy) is 1. The number of aromatic nitrogens is 2. The van der Waals surface area contributed by atoms with E-state index in [-0.39, 0.29) is 11.8 Å². The van der Waals surface area contributed by atoms with E-state index in [9.17, 15) is 4.79 Å². The van der Waals surface area contributed by atoms with Gasteiger partial charge in [-0.2, -0.15) is 5.10 Å². The Balaban J connectivity index is 3.05. The molecule has 5 heteroatoms. The molecule has 0 aliphatic carbocycles. The number of carbonyl (C=O) groups excluding carboxylic acids is 1. The third-order valence-corrected chi connectivity index (χ3v) is 2.88. The molecule has 1 atom stereocenters. The Hall–Kier alpha value is -0.870. The van der Waals surface area contributed by atoms with Gasteiger partial charge in [-0.05, 0) is 20.3 Å². The molecule has 0 amide bonds. The first-order valence-electron chi connectivity index (χ1n) is 5.82. The van der Waals surface area contributed by atoms with Crippen molar-refractivity contribution in [3.8, 4) is 0 Å². The van der Waals surface area contributed by atoms with Crippen LogP contribution >= 0.6 is 11.6 Å². The number of ketones is 1. The van der Waals surface area contributed by atoms with E-state index in [2.05, 4.69) is 5.10 Å². The van der Waals surface area contributed by atoms with Gasteiger partial charge < -0.3 is 4.74 Å². The summed E-state index contributed by atoms with van der Waals surface area (Å²) < 4.78 is 6.86. The number of hydrogen-bond donors (Lipinski definition) is 0. The lowest BCUT2D eigenvalue weighted by molar-refractivity contribution is 0.0566. The first-order chi connectivity index (χ1) is 8.02. The summed E-state index contributed by atoms with van der Waals surface area (Å²) >= 11 is 6.03. The van der Waals surface area contributed by atoms with Crippen LogP contribution in [0.3, 0.4) is 0 Å². The molecule has 0 radical (unpaired) electrons. The Morgan fingerprint density at radius 3 is 2.71 bits per heavy atom. The SMILES string of the molecule is CCCC(OC)C(=O)c1c(Cl)cnn1C(C)C. The minimum atomic E-state index is -0.438. The topological polar surface area (TPSA) is 44.1 Å². The normalized spacial score (nSPS) is 13.1. The Morgan fingerprint density at radius 1 is 1.59 bits per heavy atom. The molecular formula is C12H19ClN2O2. The first kappa shape index (κ1) is 14.2. The molecule has 4 nitrogen and oxygen atoms in total. The van der Waals surface area contributed by atoms with E-state index in [1.54, 1.807) is 11.8 Å². The average Bonchev–Trinajstić information content (AvgIpc) is 2.67. The average molecular weight is 259 g/mol. The molecule has 1 unspecified atom stereocenters. The highest BCUT2D eigenvalue weighted by atomic mass is 35.5. The molecule has 1 rings (SSSR count). The second-order valence-electron chi connectivity index (χ2n) is 4.26. The number of rotatable bonds is 6. The van der Waals surface area contributed by atoms with Crippen molar-refractivity contribution in [1.29, 1.82) is 0 Å². The lowest BCUT2D eigenvalue weighted by atomic mass is 10.1. The van der Waals surface area contributed by atoms with Gasteiger partial charge in [0, 0.05) is 13.2 Å². The van der Waals surface area contributed by atoms with Gasteiger partial charge in [0.05, 0.1) is 11.2 Å². The number of halogens is 1. The zero-order valence-corrected chi connectivity index (χ0v) is 11.5. The van der Waals surface area contributed by atoms with E-state index in [1.807, 2.05) is 20.8 Å². The third kappa shape index (κ3) is 3.07. The molecule has 0 N–H and O–H groups in total. The van der Waals surface area contributed by atoms with Crippen LogP contribution in [0.1, 0.15) is 50.1 Å². The maximum Gasteiger partial charge on any atom is 0.211 e. The molecule has 0 saturated heterocycles. The fourth-order valence-electron chi connectivity index (χ4n) is 1.73.